The van der Waals surface area contributed by atoms with Gasteiger partial charge in [-0.1, -0.05) is 20.8 Å². The molecule has 0 radical (unpaired) electrons. The van der Waals surface area contributed by atoms with Crippen LogP contribution in [-0.4, -0.2) is 48.7 Å². The lowest BCUT2D eigenvalue weighted by atomic mass is 9.87. The second kappa shape index (κ2) is 4.84. The van der Waals surface area contributed by atoms with Crippen molar-refractivity contribution in [3.63, 3.8) is 0 Å². The maximum Gasteiger partial charge on any atom is 0.282 e. The van der Waals surface area contributed by atoms with Crippen LogP contribution >= 0.6 is 0 Å². The van der Waals surface area contributed by atoms with Crippen LogP contribution in [-0.2, 0) is 10.2 Å². The van der Waals surface area contributed by atoms with E-state index in [1.54, 1.807) is 0 Å². The molecule has 1 atom stereocenters. The highest BCUT2D eigenvalue weighted by Gasteiger charge is 2.39. The number of nitrogens with zero attached hydrogens (tertiary/aromatic N) is 2. The molecule has 102 valence electrons. The number of nitrogens with two attached hydrogens (primary N) is 1. The van der Waals surface area contributed by atoms with Crippen molar-refractivity contribution in [2.45, 2.75) is 46.7 Å². The molecule has 17 heavy (non-hydrogen) atoms. The van der Waals surface area contributed by atoms with Gasteiger partial charge >= 0.3 is 0 Å². The molecule has 1 fully saturated rings. The maximum atomic E-state index is 12.2. The van der Waals surface area contributed by atoms with Gasteiger partial charge in [-0.15, -0.1) is 0 Å². The zero-order valence-electron chi connectivity index (χ0n) is 11.5. The van der Waals surface area contributed by atoms with Gasteiger partial charge in [0.2, 0.25) is 0 Å². The van der Waals surface area contributed by atoms with Crippen molar-refractivity contribution in [3.8, 4) is 0 Å². The summed E-state index contributed by atoms with van der Waals surface area (Å²) in [7, 11) is -3.30. The summed E-state index contributed by atoms with van der Waals surface area (Å²) in [6.45, 7) is 11.4. The molecule has 1 aliphatic heterocycles. The van der Waals surface area contributed by atoms with Gasteiger partial charge in [-0.05, 0) is 19.3 Å². The van der Waals surface area contributed by atoms with Crippen LogP contribution in [0, 0.1) is 5.41 Å². The number of hydrogen-bond acceptors (Lipinski definition) is 3. The Morgan fingerprint density at radius 2 is 1.76 bits per heavy atom. The van der Waals surface area contributed by atoms with Crippen molar-refractivity contribution in [1.82, 2.24) is 8.61 Å². The van der Waals surface area contributed by atoms with Crippen molar-refractivity contribution >= 4 is 10.2 Å². The van der Waals surface area contributed by atoms with Gasteiger partial charge < -0.3 is 5.73 Å². The monoisotopic (exact) mass is 263 g/mol. The van der Waals surface area contributed by atoms with Crippen LogP contribution < -0.4 is 5.73 Å². The molecule has 1 heterocycles. The summed E-state index contributed by atoms with van der Waals surface area (Å²) in [5.41, 5.74) is 5.97. The molecule has 6 heteroatoms. The third-order valence-corrected chi connectivity index (χ3v) is 5.46. The average Bonchev–Trinajstić information content (AvgIpc) is 2.40. The van der Waals surface area contributed by atoms with Gasteiger partial charge in [0.05, 0.1) is 0 Å². The van der Waals surface area contributed by atoms with Crippen LogP contribution in [0.25, 0.3) is 0 Å². The molecule has 2 N–H and O–H groups in total. The average molecular weight is 263 g/mol. The van der Waals surface area contributed by atoms with Gasteiger partial charge in [-0.3, -0.25) is 0 Å². The van der Waals surface area contributed by atoms with Crippen LogP contribution in [0.1, 0.15) is 34.6 Å². The summed E-state index contributed by atoms with van der Waals surface area (Å²) in [6, 6.07) is -0.139. The van der Waals surface area contributed by atoms with E-state index in [9.17, 15) is 8.42 Å². The molecule has 5 nitrogen and oxygen atoms in total. The van der Waals surface area contributed by atoms with E-state index in [1.807, 2.05) is 34.6 Å². The summed E-state index contributed by atoms with van der Waals surface area (Å²) >= 11 is 0. The van der Waals surface area contributed by atoms with Crippen molar-refractivity contribution in [2.75, 3.05) is 19.6 Å². The van der Waals surface area contributed by atoms with E-state index in [0.717, 1.165) is 0 Å². The molecule has 1 aliphatic rings. The molecule has 0 amide bonds. The quantitative estimate of drug-likeness (QED) is 0.812. The van der Waals surface area contributed by atoms with E-state index in [0.29, 0.717) is 19.6 Å². The minimum Gasteiger partial charge on any atom is -0.326 e. The first-order chi connectivity index (χ1) is 7.56. The molecule has 0 aromatic rings. The molecule has 0 aromatic heterocycles. The third-order valence-electron chi connectivity index (χ3n) is 3.28. The van der Waals surface area contributed by atoms with Crippen molar-refractivity contribution in [1.29, 1.82) is 0 Å². The molecule has 1 saturated heterocycles. The number of rotatable bonds is 3. The van der Waals surface area contributed by atoms with Gasteiger partial charge in [0.25, 0.3) is 10.2 Å². The summed E-state index contributed by atoms with van der Waals surface area (Å²) in [6.07, 6.45) is 0. The molecule has 0 bridgehead atoms. The summed E-state index contributed by atoms with van der Waals surface area (Å²) in [5.74, 6) is 0. The number of hydrogen-bond donors (Lipinski definition) is 1. The molecule has 0 saturated carbocycles. The zero-order chi connectivity index (χ0) is 13.4. The van der Waals surface area contributed by atoms with E-state index in [-0.39, 0.29) is 17.5 Å². The molecule has 0 aromatic carbocycles. The Hall–Kier alpha value is -0.170. The summed E-state index contributed by atoms with van der Waals surface area (Å²) in [5, 5.41) is 0. The normalized spacial score (nSPS) is 24.4. The first-order valence-corrected chi connectivity index (χ1v) is 7.49. The topological polar surface area (TPSA) is 66.6 Å². The highest BCUT2D eigenvalue weighted by atomic mass is 32.2. The fourth-order valence-electron chi connectivity index (χ4n) is 1.79. The molecule has 0 aliphatic carbocycles. The van der Waals surface area contributed by atoms with E-state index < -0.39 is 10.2 Å². The van der Waals surface area contributed by atoms with Crippen molar-refractivity contribution in [2.24, 2.45) is 11.1 Å². The minimum absolute atomic E-state index is 0.0101. The Balaban J connectivity index is 2.77. The standard InChI is InChI=1S/C11H25N3O2S/c1-9(2)14-7-6-13(17(14,15)16)8-10(12)11(3,4)5/h9-10H,6-8,12H2,1-5H3/t10-/m1/s1. The second-order valence-electron chi connectivity index (χ2n) is 6.04. The van der Waals surface area contributed by atoms with E-state index in [1.165, 1.54) is 8.61 Å². The van der Waals surface area contributed by atoms with E-state index >= 15 is 0 Å². The summed E-state index contributed by atoms with van der Waals surface area (Å²) < 4.78 is 27.4. The Morgan fingerprint density at radius 1 is 1.24 bits per heavy atom. The highest BCUT2D eigenvalue weighted by Crippen LogP contribution is 2.23. The largest absolute Gasteiger partial charge is 0.326 e. The fourth-order valence-corrected chi connectivity index (χ4v) is 3.60. The first kappa shape index (κ1) is 14.9. The molecule has 1 rings (SSSR count). The lowest BCUT2D eigenvalue weighted by molar-refractivity contribution is 0.272. The summed E-state index contributed by atoms with van der Waals surface area (Å²) in [4.78, 5) is 0. The van der Waals surface area contributed by atoms with Gasteiger partial charge in [0, 0.05) is 31.7 Å². The van der Waals surface area contributed by atoms with Crippen LogP contribution in [0.15, 0.2) is 0 Å². The smallest absolute Gasteiger partial charge is 0.282 e. The fraction of sp³-hybridized carbons (Fsp3) is 1.00. The van der Waals surface area contributed by atoms with Gasteiger partial charge in [-0.25, -0.2) is 0 Å². The van der Waals surface area contributed by atoms with Gasteiger partial charge in [0.15, 0.2) is 0 Å². The zero-order valence-corrected chi connectivity index (χ0v) is 12.3. The Kier molecular flexibility index (Phi) is 4.24. The molecular weight excluding hydrogens is 238 g/mol. The van der Waals surface area contributed by atoms with Crippen LogP contribution in [0.2, 0.25) is 0 Å². The predicted octanol–water partition coefficient (Wildman–Crippen LogP) is 0.631. The second-order valence-corrected chi connectivity index (χ2v) is 7.92. The van der Waals surface area contributed by atoms with Gasteiger partial charge in [-0.2, -0.15) is 17.0 Å². The maximum absolute atomic E-state index is 12.2. The highest BCUT2D eigenvalue weighted by molar-refractivity contribution is 7.87. The van der Waals surface area contributed by atoms with Gasteiger partial charge in [0.1, 0.15) is 0 Å². The Bertz CT molecular complexity index is 359. The SMILES string of the molecule is CC(C)N1CCN(C[C@@H](N)C(C)(C)C)S1(=O)=O. The molecule has 0 unspecified atom stereocenters. The minimum atomic E-state index is -3.30. The third kappa shape index (κ3) is 3.19. The predicted molar refractivity (Wildman–Crippen MR) is 69.8 cm³/mol. The van der Waals surface area contributed by atoms with Crippen LogP contribution in [0.4, 0.5) is 0 Å². The lowest BCUT2D eigenvalue weighted by Crippen LogP contribution is -2.47. The van der Waals surface area contributed by atoms with Crippen molar-refractivity contribution < 1.29 is 8.42 Å². The molecular formula is C11H25N3O2S. The van der Waals surface area contributed by atoms with E-state index in [2.05, 4.69) is 0 Å². The lowest BCUT2D eigenvalue weighted by Gasteiger charge is -2.30. The van der Waals surface area contributed by atoms with E-state index in [4.69, 9.17) is 5.73 Å². The first-order valence-electron chi connectivity index (χ1n) is 6.09. The van der Waals surface area contributed by atoms with Crippen LogP contribution in [0.5, 0.6) is 0 Å². The van der Waals surface area contributed by atoms with Crippen molar-refractivity contribution in [3.05, 3.63) is 0 Å². The van der Waals surface area contributed by atoms with Crippen LogP contribution in [0.3, 0.4) is 0 Å². The Morgan fingerprint density at radius 3 is 2.12 bits per heavy atom. The molecule has 0 spiro atoms. The Labute approximate surface area is 105 Å².